The Hall–Kier alpha value is -1.52. The molecular weight excluding hydrogens is 292 g/mol. The summed E-state index contributed by atoms with van der Waals surface area (Å²) in [6.07, 6.45) is 3.56. The Balaban J connectivity index is 1.82. The molecule has 130 valence electrons. The van der Waals surface area contributed by atoms with Crippen LogP contribution < -0.4 is 5.32 Å². The third-order valence-corrected chi connectivity index (χ3v) is 5.07. The minimum atomic E-state index is -0.246. The van der Waals surface area contributed by atoms with Crippen LogP contribution in [0.1, 0.15) is 47.5 Å². The molecule has 1 N–H and O–H groups in total. The first-order valence-electron chi connectivity index (χ1n) is 8.64. The lowest BCUT2D eigenvalue weighted by Gasteiger charge is -2.31. The van der Waals surface area contributed by atoms with Crippen LogP contribution >= 0.6 is 0 Å². The van der Waals surface area contributed by atoms with Crippen molar-refractivity contribution < 1.29 is 14.3 Å². The Labute approximate surface area is 139 Å². The molecule has 5 nitrogen and oxygen atoms in total. The van der Waals surface area contributed by atoms with Gasteiger partial charge in [0.1, 0.15) is 0 Å². The van der Waals surface area contributed by atoms with Crippen molar-refractivity contribution in [1.29, 1.82) is 0 Å². The lowest BCUT2D eigenvalue weighted by Crippen LogP contribution is -2.47. The first-order chi connectivity index (χ1) is 10.8. The monoisotopic (exact) mass is 322 g/mol. The van der Waals surface area contributed by atoms with E-state index in [1.807, 2.05) is 6.92 Å². The van der Waals surface area contributed by atoms with Gasteiger partial charge in [0.15, 0.2) is 0 Å². The Kier molecular flexibility index (Phi) is 5.37. The fraction of sp³-hybridized carbons (Fsp3) is 0.778. The fourth-order valence-electron chi connectivity index (χ4n) is 3.56. The van der Waals surface area contributed by atoms with Crippen LogP contribution in [0.25, 0.3) is 0 Å². The topological polar surface area (TPSA) is 58.6 Å². The number of hydrogen-bond donors (Lipinski definition) is 1. The summed E-state index contributed by atoms with van der Waals surface area (Å²) >= 11 is 0. The van der Waals surface area contributed by atoms with Crippen LogP contribution in [0.4, 0.5) is 4.79 Å². The van der Waals surface area contributed by atoms with Gasteiger partial charge in [-0.15, -0.1) is 0 Å². The number of carbonyl (C=O) groups excluding carboxylic acids is 2. The van der Waals surface area contributed by atoms with Gasteiger partial charge in [-0.05, 0) is 44.9 Å². The Morgan fingerprint density at radius 3 is 2.39 bits per heavy atom. The summed E-state index contributed by atoms with van der Waals surface area (Å²) < 4.78 is 5.02. The summed E-state index contributed by atoms with van der Waals surface area (Å²) in [6.45, 7) is 12.0. The molecular formula is C18H30N2O3. The van der Waals surface area contributed by atoms with Gasteiger partial charge in [-0.2, -0.15) is 0 Å². The van der Waals surface area contributed by atoms with E-state index in [-0.39, 0.29) is 29.4 Å². The molecule has 0 aromatic rings. The quantitative estimate of drug-likeness (QED) is 0.810. The lowest BCUT2D eigenvalue weighted by atomic mass is 10.0. The maximum atomic E-state index is 12.6. The Morgan fingerprint density at radius 1 is 1.26 bits per heavy atom. The van der Waals surface area contributed by atoms with Crippen LogP contribution in [0.3, 0.4) is 0 Å². The van der Waals surface area contributed by atoms with Crippen LogP contribution in [-0.2, 0) is 9.53 Å². The van der Waals surface area contributed by atoms with Crippen LogP contribution in [0.15, 0.2) is 11.6 Å². The number of rotatable bonds is 4. The van der Waals surface area contributed by atoms with Crippen molar-refractivity contribution in [3.05, 3.63) is 11.6 Å². The predicted octanol–water partition coefficient (Wildman–Crippen LogP) is 2.96. The van der Waals surface area contributed by atoms with Gasteiger partial charge in [-0.25, -0.2) is 4.79 Å². The maximum absolute atomic E-state index is 12.6. The zero-order chi connectivity index (χ0) is 17.2. The second-order valence-corrected chi connectivity index (χ2v) is 7.54. The molecule has 0 spiro atoms. The molecule has 0 aromatic heterocycles. The van der Waals surface area contributed by atoms with Crippen molar-refractivity contribution in [2.24, 2.45) is 17.3 Å². The first-order valence-corrected chi connectivity index (χ1v) is 8.64. The number of amides is 2. The van der Waals surface area contributed by atoms with E-state index in [9.17, 15) is 9.59 Å². The average Bonchev–Trinajstić information content (AvgIpc) is 3.00. The average molecular weight is 322 g/mol. The molecule has 2 unspecified atom stereocenters. The van der Waals surface area contributed by atoms with Gasteiger partial charge in [0.2, 0.25) is 5.91 Å². The number of carbonyl (C=O) groups is 2. The van der Waals surface area contributed by atoms with Crippen molar-refractivity contribution in [2.75, 3.05) is 19.7 Å². The van der Waals surface area contributed by atoms with Gasteiger partial charge in [0.25, 0.3) is 0 Å². The molecule has 2 amide bonds. The fourth-order valence-corrected chi connectivity index (χ4v) is 3.56. The van der Waals surface area contributed by atoms with Crippen LogP contribution in [-0.4, -0.2) is 42.6 Å². The highest BCUT2D eigenvalue weighted by Crippen LogP contribution is 2.59. The summed E-state index contributed by atoms with van der Waals surface area (Å²) in [5, 5.41) is 3.18. The molecule has 2 rings (SSSR count). The smallest absolute Gasteiger partial charge is 0.409 e. The minimum Gasteiger partial charge on any atom is -0.450 e. The van der Waals surface area contributed by atoms with Gasteiger partial charge < -0.3 is 15.0 Å². The van der Waals surface area contributed by atoms with Crippen molar-refractivity contribution >= 4 is 12.0 Å². The predicted molar refractivity (Wildman–Crippen MR) is 90.0 cm³/mol. The van der Waals surface area contributed by atoms with E-state index in [1.165, 1.54) is 5.57 Å². The number of ether oxygens (including phenoxy) is 1. The van der Waals surface area contributed by atoms with Gasteiger partial charge in [-0.3, -0.25) is 4.79 Å². The molecule has 1 heterocycles. The van der Waals surface area contributed by atoms with Gasteiger partial charge in [0.05, 0.1) is 12.5 Å². The molecule has 1 aliphatic heterocycles. The number of hydrogen-bond acceptors (Lipinski definition) is 3. The summed E-state index contributed by atoms with van der Waals surface area (Å²) in [4.78, 5) is 26.0. The van der Waals surface area contributed by atoms with Crippen LogP contribution in [0.5, 0.6) is 0 Å². The van der Waals surface area contributed by atoms with Gasteiger partial charge in [0, 0.05) is 19.1 Å². The number of likely N-dealkylation sites (tertiary alicyclic amines) is 1. The summed E-state index contributed by atoms with van der Waals surface area (Å²) in [5.41, 5.74) is 1.31. The number of nitrogens with zero attached hydrogens (tertiary/aromatic N) is 1. The zero-order valence-electron chi connectivity index (χ0n) is 15.0. The Morgan fingerprint density at radius 2 is 1.87 bits per heavy atom. The van der Waals surface area contributed by atoms with E-state index in [0.29, 0.717) is 25.6 Å². The van der Waals surface area contributed by atoms with Gasteiger partial charge in [-0.1, -0.05) is 25.5 Å². The van der Waals surface area contributed by atoms with Crippen molar-refractivity contribution in [1.82, 2.24) is 10.2 Å². The van der Waals surface area contributed by atoms with E-state index in [4.69, 9.17) is 4.74 Å². The molecule has 5 heteroatoms. The third-order valence-electron chi connectivity index (χ3n) is 5.07. The highest BCUT2D eigenvalue weighted by Gasteiger charge is 2.60. The molecule has 2 atom stereocenters. The lowest BCUT2D eigenvalue weighted by molar-refractivity contribution is -0.124. The molecule has 2 aliphatic rings. The SMILES string of the molecule is CCOC(=O)N1CCC(NC(=O)C2C(C=C(C)C)C2(C)C)CC1. The van der Waals surface area contributed by atoms with Gasteiger partial charge >= 0.3 is 6.09 Å². The molecule has 23 heavy (non-hydrogen) atoms. The molecule has 0 aromatic carbocycles. The van der Waals surface area contributed by atoms with E-state index < -0.39 is 0 Å². The first kappa shape index (κ1) is 17.8. The van der Waals surface area contributed by atoms with Crippen LogP contribution in [0, 0.1) is 17.3 Å². The number of nitrogens with one attached hydrogen (secondary N) is 1. The normalized spacial score (nSPS) is 26.4. The van der Waals surface area contributed by atoms with Crippen molar-refractivity contribution in [3.63, 3.8) is 0 Å². The molecule has 2 fully saturated rings. The number of allylic oxidation sites excluding steroid dienone is 2. The highest BCUT2D eigenvalue weighted by molar-refractivity contribution is 5.84. The van der Waals surface area contributed by atoms with Crippen molar-refractivity contribution in [2.45, 2.75) is 53.5 Å². The molecule has 0 radical (unpaired) electrons. The minimum absolute atomic E-state index is 0.0486. The van der Waals surface area contributed by atoms with E-state index >= 15 is 0 Å². The largest absolute Gasteiger partial charge is 0.450 e. The van der Waals surface area contributed by atoms with E-state index in [0.717, 1.165) is 12.8 Å². The molecule has 1 saturated carbocycles. The third kappa shape index (κ3) is 4.06. The summed E-state index contributed by atoms with van der Waals surface area (Å²) in [7, 11) is 0. The second kappa shape index (κ2) is 6.93. The Bertz CT molecular complexity index is 486. The zero-order valence-corrected chi connectivity index (χ0v) is 15.0. The molecule has 1 aliphatic carbocycles. The maximum Gasteiger partial charge on any atom is 0.409 e. The second-order valence-electron chi connectivity index (χ2n) is 7.54. The van der Waals surface area contributed by atoms with E-state index in [1.54, 1.807) is 4.90 Å². The molecule has 0 bridgehead atoms. The summed E-state index contributed by atoms with van der Waals surface area (Å²) in [6, 6.07) is 0.164. The van der Waals surface area contributed by atoms with E-state index in [2.05, 4.69) is 39.1 Å². The highest BCUT2D eigenvalue weighted by atomic mass is 16.6. The molecule has 1 saturated heterocycles. The number of piperidine rings is 1. The van der Waals surface area contributed by atoms with Crippen molar-refractivity contribution in [3.8, 4) is 0 Å². The summed E-state index contributed by atoms with van der Waals surface area (Å²) in [5.74, 6) is 0.569. The van der Waals surface area contributed by atoms with Crippen LogP contribution in [0.2, 0.25) is 0 Å². The standard InChI is InChI=1S/C18H30N2O3/c1-6-23-17(22)20-9-7-13(8-10-20)19-16(21)15-14(11-12(2)3)18(15,4)5/h11,13-15H,6-10H2,1-5H3,(H,19,21).